The van der Waals surface area contributed by atoms with Crippen molar-refractivity contribution in [3.05, 3.63) is 18.0 Å². The molecule has 2 atom stereocenters. The molecule has 2 rings (SSSR count). The average molecular weight is 221 g/mol. The van der Waals surface area contributed by atoms with Gasteiger partial charge in [0.2, 0.25) is 0 Å². The molecule has 0 saturated heterocycles. The summed E-state index contributed by atoms with van der Waals surface area (Å²) in [4.78, 5) is 0. The van der Waals surface area contributed by atoms with Crippen LogP contribution < -0.4 is 5.32 Å². The third-order valence-electron chi connectivity index (χ3n) is 3.59. The minimum atomic E-state index is 0.763. The Balaban J connectivity index is 1.61. The third kappa shape index (κ3) is 3.08. The van der Waals surface area contributed by atoms with Gasteiger partial charge in [-0.05, 0) is 44.2 Å². The van der Waals surface area contributed by atoms with Crippen LogP contribution in [0.1, 0.15) is 38.2 Å². The van der Waals surface area contributed by atoms with E-state index in [4.69, 9.17) is 0 Å². The van der Waals surface area contributed by atoms with Gasteiger partial charge in [0.15, 0.2) is 0 Å². The standard InChI is InChI=1S/C13H23N3/c1-11-9-15-16(10-11)8-4-7-14-13-6-3-5-12(13)2/h9-10,12-14H,3-8H2,1-2H3. The summed E-state index contributed by atoms with van der Waals surface area (Å²) < 4.78 is 2.04. The van der Waals surface area contributed by atoms with Crippen LogP contribution in [0.25, 0.3) is 0 Å². The molecule has 0 aromatic carbocycles. The molecular weight excluding hydrogens is 198 g/mol. The summed E-state index contributed by atoms with van der Waals surface area (Å²) in [6.07, 6.45) is 9.37. The van der Waals surface area contributed by atoms with Crippen molar-refractivity contribution in [3.8, 4) is 0 Å². The summed E-state index contributed by atoms with van der Waals surface area (Å²) in [7, 11) is 0. The van der Waals surface area contributed by atoms with Crippen LogP contribution in [0.3, 0.4) is 0 Å². The quantitative estimate of drug-likeness (QED) is 0.774. The zero-order valence-corrected chi connectivity index (χ0v) is 10.4. The predicted molar refractivity (Wildman–Crippen MR) is 66.4 cm³/mol. The van der Waals surface area contributed by atoms with Gasteiger partial charge in [-0.3, -0.25) is 4.68 Å². The first-order chi connectivity index (χ1) is 7.75. The molecule has 0 amide bonds. The molecule has 1 aromatic rings. The number of nitrogens with zero attached hydrogens (tertiary/aromatic N) is 2. The van der Waals surface area contributed by atoms with Crippen molar-refractivity contribution in [2.24, 2.45) is 5.92 Å². The van der Waals surface area contributed by atoms with Crippen LogP contribution >= 0.6 is 0 Å². The van der Waals surface area contributed by atoms with E-state index in [-0.39, 0.29) is 0 Å². The molecule has 90 valence electrons. The van der Waals surface area contributed by atoms with E-state index in [0.717, 1.165) is 25.0 Å². The maximum Gasteiger partial charge on any atom is 0.0518 e. The molecular formula is C13H23N3. The minimum Gasteiger partial charge on any atom is -0.314 e. The molecule has 1 aliphatic carbocycles. The lowest BCUT2D eigenvalue weighted by atomic mass is 10.1. The molecule has 3 nitrogen and oxygen atoms in total. The van der Waals surface area contributed by atoms with Crippen molar-refractivity contribution in [2.75, 3.05) is 6.54 Å². The first kappa shape index (κ1) is 11.6. The molecule has 3 heteroatoms. The fourth-order valence-corrected chi connectivity index (χ4v) is 2.57. The van der Waals surface area contributed by atoms with Gasteiger partial charge in [-0.25, -0.2) is 0 Å². The van der Waals surface area contributed by atoms with Gasteiger partial charge in [-0.2, -0.15) is 5.10 Å². The zero-order valence-electron chi connectivity index (χ0n) is 10.4. The molecule has 0 aliphatic heterocycles. The summed E-state index contributed by atoms with van der Waals surface area (Å²) in [6, 6.07) is 0.763. The van der Waals surface area contributed by atoms with Gasteiger partial charge in [0.25, 0.3) is 0 Å². The normalized spacial score (nSPS) is 25.1. The number of hydrogen-bond acceptors (Lipinski definition) is 2. The Morgan fingerprint density at radius 1 is 1.50 bits per heavy atom. The fraction of sp³-hybridized carbons (Fsp3) is 0.769. The first-order valence-corrected chi connectivity index (χ1v) is 6.48. The second-order valence-electron chi connectivity index (χ2n) is 5.10. The molecule has 0 radical (unpaired) electrons. The summed E-state index contributed by atoms with van der Waals surface area (Å²) in [5, 5.41) is 7.96. The van der Waals surface area contributed by atoms with Crippen LogP contribution in [0.5, 0.6) is 0 Å². The molecule has 1 aromatic heterocycles. The smallest absolute Gasteiger partial charge is 0.0518 e. The van der Waals surface area contributed by atoms with Crippen LogP contribution in [-0.4, -0.2) is 22.4 Å². The monoisotopic (exact) mass is 221 g/mol. The largest absolute Gasteiger partial charge is 0.314 e. The van der Waals surface area contributed by atoms with Crippen LogP contribution in [-0.2, 0) is 6.54 Å². The highest BCUT2D eigenvalue weighted by atomic mass is 15.3. The van der Waals surface area contributed by atoms with Crippen molar-refractivity contribution in [3.63, 3.8) is 0 Å². The Bertz CT molecular complexity index is 319. The van der Waals surface area contributed by atoms with Crippen LogP contribution in [0.2, 0.25) is 0 Å². The van der Waals surface area contributed by atoms with Gasteiger partial charge in [0, 0.05) is 18.8 Å². The molecule has 16 heavy (non-hydrogen) atoms. The van der Waals surface area contributed by atoms with E-state index in [9.17, 15) is 0 Å². The second kappa shape index (κ2) is 5.48. The lowest BCUT2D eigenvalue weighted by molar-refractivity contribution is 0.413. The highest BCUT2D eigenvalue weighted by Crippen LogP contribution is 2.24. The number of rotatable bonds is 5. The Morgan fingerprint density at radius 2 is 2.38 bits per heavy atom. The summed E-state index contributed by atoms with van der Waals surface area (Å²) in [5.41, 5.74) is 1.25. The van der Waals surface area contributed by atoms with E-state index < -0.39 is 0 Å². The maximum atomic E-state index is 4.29. The van der Waals surface area contributed by atoms with Crippen molar-refractivity contribution < 1.29 is 0 Å². The van der Waals surface area contributed by atoms with E-state index in [0.29, 0.717) is 0 Å². The van der Waals surface area contributed by atoms with E-state index >= 15 is 0 Å². The number of aryl methyl sites for hydroxylation is 2. The lowest BCUT2D eigenvalue weighted by Crippen LogP contribution is -2.32. The lowest BCUT2D eigenvalue weighted by Gasteiger charge is -2.16. The summed E-state index contributed by atoms with van der Waals surface area (Å²) in [5.74, 6) is 0.868. The van der Waals surface area contributed by atoms with E-state index in [1.807, 2.05) is 10.9 Å². The number of hydrogen-bond donors (Lipinski definition) is 1. The molecule has 1 fully saturated rings. The number of nitrogens with one attached hydrogen (secondary N) is 1. The van der Waals surface area contributed by atoms with E-state index in [2.05, 4.69) is 30.5 Å². The van der Waals surface area contributed by atoms with Crippen molar-refractivity contribution in [1.29, 1.82) is 0 Å². The molecule has 0 bridgehead atoms. The fourth-order valence-electron chi connectivity index (χ4n) is 2.57. The van der Waals surface area contributed by atoms with Gasteiger partial charge >= 0.3 is 0 Å². The second-order valence-corrected chi connectivity index (χ2v) is 5.10. The highest BCUT2D eigenvalue weighted by molar-refractivity contribution is 4.99. The molecule has 2 unspecified atom stereocenters. The van der Waals surface area contributed by atoms with Crippen LogP contribution in [0, 0.1) is 12.8 Å². The van der Waals surface area contributed by atoms with E-state index in [1.165, 1.54) is 31.2 Å². The van der Waals surface area contributed by atoms with Gasteiger partial charge < -0.3 is 5.32 Å². The Morgan fingerprint density at radius 3 is 3.00 bits per heavy atom. The predicted octanol–water partition coefficient (Wildman–Crippen LogP) is 2.36. The molecule has 1 aliphatic rings. The topological polar surface area (TPSA) is 29.9 Å². The van der Waals surface area contributed by atoms with Gasteiger partial charge in [0.1, 0.15) is 0 Å². The summed E-state index contributed by atoms with van der Waals surface area (Å²) in [6.45, 7) is 6.60. The summed E-state index contributed by atoms with van der Waals surface area (Å²) >= 11 is 0. The first-order valence-electron chi connectivity index (χ1n) is 6.48. The SMILES string of the molecule is Cc1cnn(CCCNC2CCCC2C)c1. The third-order valence-corrected chi connectivity index (χ3v) is 3.59. The Kier molecular flexibility index (Phi) is 3.99. The van der Waals surface area contributed by atoms with Crippen molar-refractivity contribution in [2.45, 2.75) is 52.1 Å². The van der Waals surface area contributed by atoms with Crippen molar-refractivity contribution >= 4 is 0 Å². The molecule has 1 heterocycles. The maximum absolute atomic E-state index is 4.29. The highest BCUT2D eigenvalue weighted by Gasteiger charge is 2.21. The van der Waals surface area contributed by atoms with Crippen LogP contribution in [0.15, 0.2) is 12.4 Å². The Hall–Kier alpha value is -0.830. The molecule has 1 saturated carbocycles. The van der Waals surface area contributed by atoms with Crippen LogP contribution in [0.4, 0.5) is 0 Å². The zero-order chi connectivity index (χ0) is 11.4. The van der Waals surface area contributed by atoms with Gasteiger partial charge in [-0.1, -0.05) is 13.3 Å². The average Bonchev–Trinajstić information content (AvgIpc) is 2.83. The minimum absolute atomic E-state index is 0.763. The number of aromatic nitrogens is 2. The molecule has 1 N–H and O–H groups in total. The molecule has 0 spiro atoms. The van der Waals surface area contributed by atoms with Crippen molar-refractivity contribution in [1.82, 2.24) is 15.1 Å². The Labute approximate surface area is 98.2 Å². The van der Waals surface area contributed by atoms with Gasteiger partial charge in [0.05, 0.1) is 6.20 Å². The van der Waals surface area contributed by atoms with E-state index in [1.54, 1.807) is 0 Å². The van der Waals surface area contributed by atoms with Gasteiger partial charge in [-0.15, -0.1) is 0 Å².